The first-order valence-electron chi connectivity index (χ1n) is 2.43. The number of nitrogens with zero attached hydrogens (tertiary/aromatic N) is 2. The molecule has 2 N–H and O–H groups in total. The van der Waals surface area contributed by atoms with E-state index in [0.29, 0.717) is 5.84 Å². The number of nitrogens with two attached hydrogens (primary N) is 1. The first kappa shape index (κ1) is 5.88. The van der Waals surface area contributed by atoms with Gasteiger partial charge in [-0.25, -0.2) is 14.8 Å². The van der Waals surface area contributed by atoms with Crippen molar-refractivity contribution in [3.63, 3.8) is 0 Å². The summed E-state index contributed by atoms with van der Waals surface area (Å²) < 4.78 is 0. The lowest BCUT2D eigenvalue weighted by atomic mass is 10.6. The van der Waals surface area contributed by atoms with E-state index in [1.165, 1.54) is 6.21 Å². The monoisotopic (exact) mass is 123 g/mol. The Kier molecular flexibility index (Phi) is 1.53. The maximum Gasteiger partial charge on any atom is 0.167 e. The van der Waals surface area contributed by atoms with Crippen LogP contribution in [0.15, 0.2) is 15.7 Å². The van der Waals surface area contributed by atoms with Crippen LogP contribution >= 0.6 is 0 Å². The van der Waals surface area contributed by atoms with E-state index in [-0.39, 0.29) is 12.2 Å². The molecular formula is C5H5N3O. The minimum absolute atomic E-state index is 0.218. The van der Waals surface area contributed by atoms with Crippen molar-refractivity contribution >= 4 is 18.0 Å². The van der Waals surface area contributed by atoms with Crippen LogP contribution in [-0.4, -0.2) is 24.5 Å². The molecule has 0 spiro atoms. The van der Waals surface area contributed by atoms with E-state index in [0.717, 1.165) is 0 Å². The van der Waals surface area contributed by atoms with Gasteiger partial charge in [0, 0.05) is 0 Å². The van der Waals surface area contributed by atoms with Crippen molar-refractivity contribution in [3.05, 3.63) is 5.70 Å². The van der Waals surface area contributed by atoms with Gasteiger partial charge in [-0.15, -0.1) is 0 Å². The van der Waals surface area contributed by atoms with E-state index >= 15 is 0 Å². The molecule has 0 amide bonds. The Morgan fingerprint density at radius 1 is 1.78 bits per heavy atom. The summed E-state index contributed by atoms with van der Waals surface area (Å²) in [5, 5.41) is 0. The first-order chi connectivity index (χ1) is 4.36. The van der Waals surface area contributed by atoms with E-state index in [9.17, 15) is 4.79 Å². The topological polar surface area (TPSA) is 67.8 Å². The quantitative estimate of drug-likeness (QED) is 0.461. The van der Waals surface area contributed by atoms with E-state index < -0.39 is 0 Å². The lowest BCUT2D eigenvalue weighted by molar-refractivity contribution is 0.568. The molecule has 0 unspecified atom stereocenters. The molecule has 0 aromatic carbocycles. The largest absolute Gasteiger partial charge is 0.324 e. The van der Waals surface area contributed by atoms with E-state index in [4.69, 9.17) is 5.73 Å². The molecule has 0 fully saturated rings. The summed E-state index contributed by atoms with van der Waals surface area (Å²) in [6, 6.07) is 0. The predicted octanol–water partition coefficient (Wildman–Crippen LogP) is -0.857. The number of hydrogen-bond donors (Lipinski definition) is 1. The first-order valence-corrected chi connectivity index (χ1v) is 2.43. The number of hydrogen-bond acceptors (Lipinski definition) is 4. The molecule has 0 atom stereocenters. The molecule has 0 aromatic heterocycles. The number of carbonyl (C=O) groups excluding carboxylic acids is 1. The maximum atomic E-state index is 9.87. The Balaban J connectivity index is 2.86. The molecule has 9 heavy (non-hydrogen) atoms. The van der Waals surface area contributed by atoms with Gasteiger partial charge < -0.3 is 5.73 Å². The normalized spacial score (nSPS) is 15.7. The Bertz CT molecular complexity index is 222. The van der Waals surface area contributed by atoms with Crippen molar-refractivity contribution in [2.24, 2.45) is 15.7 Å². The van der Waals surface area contributed by atoms with Crippen LogP contribution in [-0.2, 0) is 4.79 Å². The summed E-state index contributed by atoms with van der Waals surface area (Å²) in [5.74, 6) is 2.08. The van der Waals surface area contributed by atoms with Crippen molar-refractivity contribution in [2.45, 2.75) is 0 Å². The van der Waals surface area contributed by atoms with Gasteiger partial charge in [-0.3, -0.25) is 0 Å². The maximum absolute atomic E-state index is 9.87. The summed E-state index contributed by atoms with van der Waals surface area (Å²) in [7, 11) is 0. The Labute approximate surface area is 51.8 Å². The Hall–Kier alpha value is -1.25. The lowest BCUT2D eigenvalue weighted by Gasteiger charge is -1.82. The number of amidine groups is 1. The predicted molar refractivity (Wildman–Crippen MR) is 34.2 cm³/mol. The summed E-state index contributed by atoms with van der Waals surface area (Å²) in [6.45, 7) is 0.266. The minimum atomic E-state index is 0.218. The minimum Gasteiger partial charge on any atom is -0.324 e. The molecule has 0 saturated heterocycles. The molecule has 0 aromatic rings. The highest BCUT2D eigenvalue weighted by Crippen LogP contribution is 1.96. The van der Waals surface area contributed by atoms with Gasteiger partial charge in [-0.1, -0.05) is 0 Å². The molecule has 1 heterocycles. The molecular weight excluding hydrogens is 118 g/mol. The SMILES string of the molecule is NCC1=NC(=C=O)C=N1. The average Bonchev–Trinajstić information content (AvgIpc) is 2.34. The smallest absolute Gasteiger partial charge is 0.167 e. The van der Waals surface area contributed by atoms with Crippen molar-refractivity contribution in [3.8, 4) is 0 Å². The molecule has 1 aliphatic rings. The third kappa shape index (κ3) is 1.10. The van der Waals surface area contributed by atoms with Crippen LogP contribution in [0.25, 0.3) is 0 Å². The van der Waals surface area contributed by atoms with Crippen molar-refractivity contribution in [1.82, 2.24) is 0 Å². The molecule has 0 bridgehead atoms. The fourth-order valence-electron chi connectivity index (χ4n) is 0.480. The van der Waals surface area contributed by atoms with Crippen LogP contribution < -0.4 is 5.73 Å². The van der Waals surface area contributed by atoms with Crippen LogP contribution in [0.2, 0.25) is 0 Å². The van der Waals surface area contributed by atoms with Crippen LogP contribution in [0, 0.1) is 0 Å². The van der Waals surface area contributed by atoms with Crippen molar-refractivity contribution < 1.29 is 4.79 Å². The highest BCUT2D eigenvalue weighted by Gasteiger charge is 2.02. The Morgan fingerprint density at radius 2 is 2.56 bits per heavy atom. The van der Waals surface area contributed by atoms with E-state index in [2.05, 4.69) is 9.98 Å². The fraction of sp³-hybridized carbons (Fsp3) is 0.200. The molecule has 0 aliphatic carbocycles. The van der Waals surface area contributed by atoms with Gasteiger partial charge in [0.25, 0.3) is 0 Å². The van der Waals surface area contributed by atoms with Gasteiger partial charge >= 0.3 is 0 Å². The van der Waals surface area contributed by atoms with Gasteiger partial charge in [-0.05, 0) is 0 Å². The standard InChI is InChI=1S/C5H5N3O/c6-1-5-7-2-4(3-9)8-5/h2H,1,6H2. The summed E-state index contributed by atoms with van der Waals surface area (Å²) in [6.07, 6.45) is 1.34. The number of aliphatic imine (C=N–C) groups is 2. The average molecular weight is 123 g/mol. The van der Waals surface area contributed by atoms with Crippen LogP contribution in [0.1, 0.15) is 0 Å². The molecule has 4 nitrogen and oxygen atoms in total. The van der Waals surface area contributed by atoms with Crippen LogP contribution in [0.4, 0.5) is 0 Å². The van der Waals surface area contributed by atoms with Crippen LogP contribution in [0.5, 0.6) is 0 Å². The number of allylic oxidation sites excluding steroid dienone is 1. The second-order valence-corrected chi connectivity index (χ2v) is 1.48. The third-order valence-electron chi connectivity index (χ3n) is 0.873. The van der Waals surface area contributed by atoms with Crippen molar-refractivity contribution in [2.75, 3.05) is 6.54 Å². The van der Waals surface area contributed by atoms with E-state index in [1.54, 1.807) is 5.94 Å². The third-order valence-corrected chi connectivity index (χ3v) is 0.873. The molecule has 46 valence electrons. The zero-order chi connectivity index (χ0) is 6.69. The van der Waals surface area contributed by atoms with Crippen LogP contribution in [0.3, 0.4) is 0 Å². The molecule has 4 heteroatoms. The zero-order valence-electron chi connectivity index (χ0n) is 4.66. The van der Waals surface area contributed by atoms with Crippen molar-refractivity contribution in [1.29, 1.82) is 0 Å². The fourth-order valence-corrected chi connectivity index (χ4v) is 0.480. The lowest BCUT2D eigenvalue weighted by Crippen LogP contribution is -2.08. The van der Waals surface area contributed by atoms with Gasteiger partial charge in [0.1, 0.15) is 5.84 Å². The molecule has 0 saturated carbocycles. The summed E-state index contributed by atoms with van der Waals surface area (Å²) in [4.78, 5) is 17.3. The highest BCUT2D eigenvalue weighted by atomic mass is 16.1. The summed E-state index contributed by atoms with van der Waals surface area (Å²) >= 11 is 0. The Morgan fingerprint density at radius 3 is 2.89 bits per heavy atom. The van der Waals surface area contributed by atoms with Gasteiger partial charge in [-0.2, -0.15) is 0 Å². The molecule has 1 aliphatic heterocycles. The second-order valence-electron chi connectivity index (χ2n) is 1.48. The van der Waals surface area contributed by atoms with Gasteiger partial charge in [0.2, 0.25) is 0 Å². The van der Waals surface area contributed by atoms with Gasteiger partial charge in [0.05, 0.1) is 12.8 Å². The van der Waals surface area contributed by atoms with Gasteiger partial charge in [0.15, 0.2) is 11.6 Å². The molecule has 0 radical (unpaired) electrons. The van der Waals surface area contributed by atoms with E-state index in [1.807, 2.05) is 0 Å². The second kappa shape index (κ2) is 2.35. The zero-order valence-corrected chi connectivity index (χ0v) is 4.66. The summed E-state index contributed by atoms with van der Waals surface area (Å²) in [5.41, 5.74) is 5.38. The molecule has 1 rings (SSSR count). The number of rotatable bonds is 1. The highest BCUT2D eigenvalue weighted by molar-refractivity contribution is 6.06.